The number of carbonyl (C=O) groups is 3. The molecular formula is C27H30Cl2N6O4. The molecule has 0 spiro atoms. The zero-order valence-electron chi connectivity index (χ0n) is 21.2. The van der Waals surface area contributed by atoms with Gasteiger partial charge < -0.3 is 30.6 Å². The number of halogens is 2. The monoisotopic (exact) mass is 572 g/mol. The Morgan fingerprint density at radius 2 is 1.85 bits per heavy atom. The fraction of sp³-hybridized carbons (Fsp3) is 0.333. The van der Waals surface area contributed by atoms with Crippen molar-refractivity contribution >= 4 is 46.7 Å². The second-order valence-electron chi connectivity index (χ2n) is 9.06. The van der Waals surface area contributed by atoms with Gasteiger partial charge in [-0.05, 0) is 35.9 Å². The van der Waals surface area contributed by atoms with Gasteiger partial charge in [0.25, 0.3) is 5.91 Å². The van der Waals surface area contributed by atoms with Crippen molar-refractivity contribution in [1.29, 1.82) is 0 Å². The van der Waals surface area contributed by atoms with Crippen LogP contribution >= 0.6 is 23.2 Å². The molecule has 10 nitrogen and oxygen atoms in total. The van der Waals surface area contributed by atoms with E-state index in [0.29, 0.717) is 41.8 Å². The van der Waals surface area contributed by atoms with Crippen molar-refractivity contribution in [2.24, 2.45) is 5.73 Å². The molecule has 0 saturated carbocycles. The Hall–Kier alpha value is -3.60. The number of nitrogens with one attached hydrogen (secondary N) is 2. The van der Waals surface area contributed by atoms with Gasteiger partial charge in [-0.2, -0.15) is 0 Å². The van der Waals surface area contributed by atoms with Crippen molar-refractivity contribution in [3.63, 3.8) is 0 Å². The SMILES string of the molecule is NCCC(=O)N[C@H](Cc1ccc(Cl)cc1Cl)C(=O)N1CCN(c2ncccc2CNC(=O)c2ccco2)CC1. The van der Waals surface area contributed by atoms with E-state index in [2.05, 4.69) is 20.5 Å². The Morgan fingerprint density at radius 3 is 2.54 bits per heavy atom. The molecule has 1 atom stereocenters. The molecule has 1 aliphatic heterocycles. The van der Waals surface area contributed by atoms with Crippen molar-refractivity contribution in [2.45, 2.75) is 25.4 Å². The number of carbonyl (C=O) groups excluding carboxylic acids is 3. The van der Waals surface area contributed by atoms with Gasteiger partial charge in [0.1, 0.15) is 11.9 Å². The molecule has 4 rings (SSSR count). The highest BCUT2D eigenvalue weighted by molar-refractivity contribution is 6.35. The number of hydrogen-bond acceptors (Lipinski definition) is 7. The standard InChI is InChI=1S/C27H30Cl2N6O4/c28-20-6-5-18(21(29)16-20)15-22(33-24(36)7-8-30)27(38)35-12-10-34(11-13-35)25-19(3-1-9-31-25)17-32-26(37)23-4-2-14-39-23/h1-6,9,14,16,22H,7-8,10-13,15,17,30H2,(H,32,37)(H,33,36)/t22-/m1/s1. The smallest absolute Gasteiger partial charge is 0.287 e. The summed E-state index contributed by atoms with van der Waals surface area (Å²) in [6.45, 7) is 2.40. The fourth-order valence-electron chi connectivity index (χ4n) is 4.39. The third-order valence-corrected chi connectivity index (χ3v) is 6.97. The van der Waals surface area contributed by atoms with Crippen LogP contribution in [-0.4, -0.2) is 66.4 Å². The lowest BCUT2D eigenvalue weighted by molar-refractivity contribution is -0.136. The third kappa shape index (κ3) is 7.50. The van der Waals surface area contributed by atoms with Crippen LogP contribution < -0.4 is 21.3 Å². The summed E-state index contributed by atoms with van der Waals surface area (Å²) in [5.74, 6) is 0.173. The van der Waals surface area contributed by atoms with Crippen LogP contribution in [0.2, 0.25) is 10.0 Å². The number of anilines is 1. The van der Waals surface area contributed by atoms with E-state index >= 15 is 0 Å². The predicted molar refractivity (Wildman–Crippen MR) is 149 cm³/mol. The van der Waals surface area contributed by atoms with Crippen LogP contribution in [0.1, 0.15) is 28.1 Å². The summed E-state index contributed by atoms with van der Waals surface area (Å²) in [5.41, 5.74) is 7.09. The lowest BCUT2D eigenvalue weighted by atomic mass is 10.0. The maximum atomic E-state index is 13.5. The highest BCUT2D eigenvalue weighted by atomic mass is 35.5. The third-order valence-electron chi connectivity index (χ3n) is 6.39. The maximum absolute atomic E-state index is 13.5. The van der Waals surface area contributed by atoms with Gasteiger partial charge >= 0.3 is 0 Å². The minimum atomic E-state index is -0.795. The van der Waals surface area contributed by atoms with E-state index < -0.39 is 6.04 Å². The molecule has 1 aromatic carbocycles. The number of hydrogen-bond donors (Lipinski definition) is 3. The van der Waals surface area contributed by atoms with E-state index in [-0.39, 0.29) is 49.4 Å². The molecule has 0 unspecified atom stereocenters. The molecule has 206 valence electrons. The van der Waals surface area contributed by atoms with Crippen LogP contribution in [0.25, 0.3) is 0 Å². The van der Waals surface area contributed by atoms with Crippen LogP contribution in [0, 0.1) is 0 Å². The molecule has 39 heavy (non-hydrogen) atoms. The topological polar surface area (TPSA) is 134 Å². The summed E-state index contributed by atoms with van der Waals surface area (Å²) in [6.07, 6.45) is 3.49. The van der Waals surface area contributed by atoms with Gasteiger partial charge in [-0.25, -0.2) is 4.98 Å². The zero-order chi connectivity index (χ0) is 27.8. The number of nitrogens with zero attached hydrogens (tertiary/aromatic N) is 3. The Morgan fingerprint density at radius 1 is 1.05 bits per heavy atom. The van der Waals surface area contributed by atoms with E-state index in [0.717, 1.165) is 11.4 Å². The molecule has 0 bridgehead atoms. The summed E-state index contributed by atoms with van der Waals surface area (Å²) >= 11 is 12.4. The lowest BCUT2D eigenvalue weighted by Crippen LogP contribution is -2.56. The largest absolute Gasteiger partial charge is 0.459 e. The molecule has 12 heteroatoms. The zero-order valence-corrected chi connectivity index (χ0v) is 22.8. The summed E-state index contributed by atoms with van der Waals surface area (Å²) in [7, 11) is 0. The number of piperazine rings is 1. The maximum Gasteiger partial charge on any atom is 0.287 e. The first-order chi connectivity index (χ1) is 18.9. The highest BCUT2D eigenvalue weighted by Gasteiger charge is 2.30. The molecule has 1 aliphatic rings. The first kappa shape index (κ1) is 28.4. The van der Waals surface area contributed by atoms with Crippen molar-refractivity contribution in [2.75, 3.05) is 37.6 Å². The molecule has 0 aliphatic carbocycles. The van der Waals surface area contributed by atoms with Gasteiger partial charge in [0.05, 0.1) is 6.26 Å². The second-order valence-corrected chi connectivity index (χ2v) is 9.90. The number of rotatable bonds is 10. The Bertz CT molecular complexity index is 1300. The Labute approximate surface area is 236 Å². The molecule has 3 amide bonds. The Balaban J connectivity index is 1.41. The number of nitrogens with two attached hydrogens (primary N) is 1. The first-order valence-corrected chi connectivity index (χ1v) is 13.3. The van der Waals surface area contributed by atoms with E-state index in [9.17, 15) is 14.4 Å². The number of aromatic nitrogens is 1. The van der Waals surface area contributed by atoms with E-state index in [4.69, 9.17) is 33.4 Å². The molecule has 4 N–H and O–H groups in total. The average molecular weight is 573 g/mol. The van der Waals surface area contributed by atoms with Crippen molar-refractivity contribution in [1.82, 2.24) is 20.5 Å². The van der Waals surface area contributed by atoms with Gasteiger partial charge in [0, 0.05) is 73.9 Å². The highest BCUT2D eigenvalue weighted by Crippen LogP contribution is 2.24. The summed E-state index contributed by atoms with van der Waals surface area (Å²) in [4.78, 5) is 46.5. The molecule has 0 radical (unpaired) electrons. The number of pyridine rings is 1. The van der Waals surface area contributed by atoms with Gasteiger partial charge in [-0.3, -0.25) is 14.4 Å². The summed E-state index contributed by atoms with van der Waals surface area (Å²) in [5, 5.41) is 6.59. The van der Waals surface area contributed by atoms with Crippen LogP contribution in [0.5, 0.6) is 0 Å². The van der Waals surface area contributed by atoms with Gasteiger partial charge in [-0.15, -0.1) is 0 Å². The quantitative estimate of drug-likeness (QED) is 0.340. The minimum Gasteiger partial charge on any atom is -0.459 e. The fourth-order valence-corrected chi connectivity index (χ4v) is 4.87. The number of amides is 3. The first-order valence-electron chi connectivity index (χ1n) is 12.6. The molecular weight excluding hydrogens is 543 g/mol. The molecule has 3 heterocycles. The van der Waals surface area contributed by atoms with Crippen LogP contribution in [-0.2, 0) is 22.6 Å². The lowest BCUT2D eigenvalue weighted by Gasteiger charge is -2.37. The Kier molecular flexibility index (Phi) is 9.80. The van der Waals surface area contributed by atoms with Crippen molar-refractivity contribution in [3.8, 4) is 0 Å². The molecule has 3 aromatic rings. The molecule has 1 saturated heterocycles. The second kappa shape index (κ2) is 13.5. The van der Waals surface area contributed by atoms with Crippen molar-refractivity contribution in [3.05, 3.63) is 81.9 Å². The van der Waals surface area contributed by atoms with Gasteiger partial charge in [0.15, 0.2) is 5.76 Å². The van der Waals surface area contributed by atoms with Gasteiger partial charge in [0.2, 0.25) is 11.8 Å². The molecule has 1 fully saturated rings. The van der Waals surface area contributed by atoms with Crippen LogP contribution in [0.15, 0.2) is 59.3 Å². The van der Waals surface area contributed by atoms with E-state index in [1.54, 1.807) is 41.4 Å². The number of furan rings is 1. The summed E-state index contributed by atoms with van der Waals surface area (Å²) < 4.78 is 5.15. The van der Waals surface area contributed by atoms with Gasteiger partial charge in [-0.1, -0.05) is 35.3 Å². The molecule has 2 aromatic heterocycles. The van der Waals surface area contributed by atoms with Crippen molar-refractivity contribution < 1.29 is 18.8 Å². The summed E-state index contributed by atoms with van der Waals surface area (Å²) in [6, 6.07) is 11.2. The number of benzene rings is 1. The minimum absolute atomic E-state index is 0.116. The average Bonchev–Trinajstić information content (AvgIpc) is 3.48. The van der Waals surface area contributed by atoms with Crippen LogP contribution in [0.3, 0.4) is 0 Å². The van der Waals surface area contributed by atoms with E-state index in [1.165, 1.54) is 6.26 Å². The normalized spacial score (nSPS) is 14.1. The van der Waals surface area contributed by atoms with Crippen LogP contribution in [0.4, 0.5) is 5.82 Å². The van der Waals surface area contributed by atoms with E-state index in [1.807, 2.05) is 12.1 Å². The predicted octanol–water partition coefficient (Wildman–Crippen LogP) is 2.64.